The second kappa shape index (κ2) is 15.8. The Kier molecular flexibility index (Phi) is 12.1. The first-order chi connectivity index (χ1) is 22.3. The molecule has 10 heteroatoms. The van der Waals surface area contributed by atoms with Crippen molar-refractivity contribution < 1.29 is 18.0 Å². The monoisotopic (exact) mass is 693 g/mol. The molecular formula is C37H41Cl2N3O4S. The van der Waals surface area contributed by atoms with Crippen molar-refractivity contribution in [2.45, 2.75) is 58.5 Å². The van der Waals surface area contributed by atoms with E-state index in [1.807, 2.05) is 70.2 Å². The van der Waals surface area contributed by atoms with Crippen molar-refractivity contribution in [1.29, 1.82) is 0 Å². The van der Waals surface area contributed by atoms with Gasteiger partial charge in [0.25, 0.3) is 10.0 Å². The summed E-state index contributed by atoms with van der Waals surface area (Å²) in [5.41, 5.74) is 4.07. The first kappa shape index (κ1) is 36.0. The van der Waals surface area contributed by atoms with Crippen LogP contribution in [0.2, 0.25) is 10.0 Å². The summed E-state index contributed by atoms with van der Waals surface area (Å²) < 4.78 is 29.8. The Balaban J connectivity index is 1.86. The molecule has 1 atom stereocenters. The molecule has 248 valence electrons. The molecule has 0 aliphatic rings. The lowest BCUT2D eigenvalue weighted by molar-refractivity contribution is -0.140. The number of rotatable bonds is 13. The van der Waals surface area contributed by atoms with E-state index in [1.54, 1.807) is 43.3 Å². The van der Waals surface area contributed by atoms with E-state index in [4.69, 9.17) is 23.2 Å². The normalized spacial score (nSPS) is 12.1. The molecule has 4 aromatic carbocycles. The second-order valence-electron chi connectivity index (χ2n) is 12.2. The Bertz CT molecular complexity index is 1790. The Morgan fingerprint density at radius 2 is 1.43 bits per heavy atom. The van der Waals surface area contributed by atoms with Gasteiger partial charge in [0.05, 0.1) is 10.6 Å². The zero-order valence-corrected chi connectivity index (χ0v) is 29.7. The standard InChI is InChI=1S/C37H41Cl2N3O4S/c1-25(2)22-40-37(44)35(21-29-10-7-6-8-11-29)41(23-31-32(38)12-9-13-33(31)39)36(43)24-42(34-20-27(4)14-17-28(34)5)47(45,46)30-18-15-26(3)16-19-30/h6-20,25,35H,21-24H2,1-5H3,(H,40,44)/t35-/m0/s1. The molecule has 47 heavy (non-hydrogen) atoms. The number of aryl methyl sites for hydroxylation is 3. The van der Waals surface area contributed by atoms with Crippen LogP contribution in [0.4, 0.5) is 5.69 Å². The number of nitrogens with one attached hydrogen (secondary N) is 1. The molecular weight excluding hydrogens is 653 g/mol. The van der Waals surface area contributed by atoms with Crippen LogP contribution in [0.15, 0.2) is 95.9 Å². The van der Waals surface area contributed by atoms with Crippen molar-refractivity contribution in [3.63, 3.8) is 0 Å². The van der Waals surface area contributed by atoms with E-state index < -0.39 is 28.5 Å². The van der Waals surface area contributed by atoms with Crippen LogP contribution in [-0.4, -0.2) is 44.3 Å². The van der Waals surface area contributed by atoms with Gasteiger partial charge in [-0.1, -0.05) is 103 Å². The SMILES string of the molecule is Cc1ccc(S(=O)(=O)N(CC(=O)N(Cc2c(Cl)cccc2Cl)[C@@H](Cc2ccccc2)C(=O)NCC(C)C)c2cc(C)ccc2C)cc1. The number of carbonyl (C=O) groups is 2. The first-order valence-corrected chi connectivity index (χ1v) is 17.7. The molecule has 2 amide bonds. The number of benzene rings is 4. The van der Waals surface area contributed by atoms with Crippen molar-refractivity contribution >= 4 is 50.7 Å². The van der Waals surface area contributed by atoms with Crippen molar-refractivity contribution in [2.75, 3.05) is 17.4 Å². The van der Waals surface area contributed by atoms with Crippen LogP contribution in [0, 0.1) is 26.7 Å². The van der Waals surface area contributed by atoms with Gasteiger partial charge in [-0.05, 0) is 73.7 Å². The summed E-state index contributed by atoms with van der Waals surface area (Å²) in [6, 6.07) is 25.4. The summed E-state index contributed by atoms with van der Waals surface area (Å²) in [6.07, 6.45) is 0.187. The highest BCUT2D eigenvalue weighted by Crippen LogP contribution is 2.31. The van der Waals surface area contributed by atoms with Crippen LogP contribution in [-0.2, 0) is 32.6 Å². The predicted octanol–water partition coefficient (Wildman–Crippen LogP) is 7.53. The molecule has 0 saturated heterocycles. The van der Waals surface area contributed by atoms with Gasteiger partial charge in [-0.3, -0.25) is 13.9 Å². The molecule has 4 aromatic rings. The number of halogens is 2. The minimum atomic E-state index is -4.22. The van der Waals surface area contributed by atoms with Crippen LogP contribution < -0.4 is 9.62 Å². The van der Waals surface area contributed by atoms with E-state index in [-0.39, 0.29) is 29.7 Å². The van der Waals surface area contributed by atoms with Crippen LogP contribution >= 0.6 is 23.2 Å². The van der Waals surface area contributed by atoms with Gasteiger partial charge in [0.2, 0.25) is 11.8 Å². The van der Waals surface area contributed by atoms with E-state index in [0.717, 1.165) is 21.0 Å². The van der Waals surface area contributed by atoms with Crippen LogP contribution in [0.25, 0.3) is 0 Å². The minimum absolute atomic E-state index is 0.0491. The third kappa shape index (κ3) is 9.15. The molecule has 0 aromatic heterocycles. The average molecular weight is 695 g/mol. The summed E-state index contributed by atoms with van der Waals surface area (Å²) in [5.74, 6) is -0.783. The number of sulfonamides is 1. The number of nitrogens with zero attached hydrogens (tertiary/aromatic N) is 2. The first-order valence-electron chi connectivity index (χ1n) is 15.5. The van der Waals surface area contributed by atoms with Crippen LogP contribution in [0.5, 0.6) is 0 Å². The fraction of sp³-hybridized carbons (Fsp3) is 0.297. The molecule has 0 fully saturated rings. The van der Waals surface area contributed by atoms with E-state index >= 15 is 0 Å². The smallest absolute Gasteiger partial charge is 0.264 e. The quantitative estimate of drug-likeness (QED) is 0.157. The summed E-state index contributed by atoms with van der Waals surface area (Å²) in [4.78, 5) is 30.1. The molecule has 0 heterocycles. The number of amides is 2. The van der Waals surface area contributed by atoms with Gasteiger partial charge >= 0.3 is 0 Å². The lowest BCUT2D eigenvalue weighted by Gasteiger charge is -2.34. The minimum Gasteiger partial charge on any atom is -0.354 e. The zero-order valence-electron chi connectivity index (χ0n) is 27.3. The van der Waals surface area contributed by atoms with Crippen molar-refractivity contribution in [3.8, 4) is 0 Å². The van der Waals surface area contributed by atoms with Gasteiger partial charge in [0, 0.05) is 35.1 Å². The van der Waals surface area contributed by atoms with Crippen LogP contribution in [0.1, 0.15) is 41.7 Å². The summed E-state index contributed by atoms with van der Waals surface area (Å²) in [7, 11) is -4.22. The Labute approximate surface area is 288 Å². The molecule has 0 saturated carbocycles. The third-order valence-corrected chi connectivity index (χ3v) is 10.3. The van der Waals surface area contributed by atoms with Gasteiger partial charge in [-0.15, -0.1) is 0 Å². The number of anilines is 1. The zero-order chi connectivity index (χ0) is 34.3. The fourth-order valence-electron chi connectivity index (χ4n) is 5.17. The maximum Gasteiger partial charge on any atom is 0.264 e. The average Bonchev–Trinajstić information content (AvgIpc) is 3.03. The third-order valence-electron chi connectivity index (χ3n) is 7.87. The maximum atomic E-state index is 14.7. The fourth-order valence-corrected chi connectivity index (χ4v) is 7.16. The molecule has 4 rings (SSSR count). The number of hydrogen-bond acceptors (Lipinski definition) is 4. The van der Waals surface area contributed by atoms with Gasteiger partial charge in [-0.25, -0.2) is 8.42 Å². The van der Waals surface area contributed by atoms with E-state index in [9.17, 15) is 18.0 Å². The highest BCUT2D eigenvalue weighted by Gasteiger charge is 2.35. The number of carbonyl (C=O) groups excluding carboxylic acids is 2. The maximum absolute atomic E-state index is 14.7. The molecule has 7 nitrogen and oxygen atoms in total. The predicted molar refractivity (Wildman–Crippen MR) is 190 cm³/mol. The van der Waals surface area contributed by atoms with Gasteiger partial charge in [0.1, 0.15) is 12.6 Å². The molecule has 0 aliphatic carbocycles. The topological polar surface area (TPSA) is 86.8 Å². The summed E-state index contributed by atoms with van der Waals surface area (Å²) in [5, 5.41) is 3.64. The summed E-state index contributed by atoms with van der Waals surface area (Å²) in [6.45, 7) is 9.22. The van der Waals surface area contributed by atoms with Crippen molar-refractivity contribution in [2.24, 2.45) is 5.92 Å². The van der Waals surface area contributed by atoms with Gasteiger partial charge in [0.15, 0.2) is 0 Å². The molecule has 0 unspecified atom stereocenters. The summed E-state index contributed by atoms with van der Waals surface area (Å²) >= 11 is 13.2. The lowest BCUT2D eigenvalue weighted by Crippen LogP contribution is -2.54. The van der Waals surface area contributed by atoms with Crippen molar-refractivity contribution in [3.05, 3.63) is 129 Å². The molecule has 1 N–H and O–H groups in total. The van der Waals surface area contributed by atoms with Crippen LogP contribution in [0.3, 0.4) is 0 Å². The molecule has 0 radical (unpaired) electrons. The number of hydrogen-bond donors (Lipinski definition) is 1. The van der Waals surface area contributed by atoms with E-state index in [2.05, 4.69) is 5.32 Å². The van der Waals surface area contributed by atoms with Crippen molar-refractivity contribution in [1.82, 2.24) is 10.2 Å². The Morgan fingerprint density at radius 3 is 2.04 bits per heavy atom. The highest BCUT2D eigenvalue weighted by molar-refractivity contribution is 7.92. The highest BCUT2D eigenvalue weighted by atomic mass is 35.5. The van der Waals surface area contributed by atoms with E-state index in [1.165, 1.54) is 17.0 Å². The van der Waals surface area contributed by atoms with Gasteiger partial charge in [-0.2, -0.15) is 0 Å². The lowest BCUT2D eigenvalue weighted by atomic mass is 10.0. The molecule has 0 spiro atoms. The molecule has 0 bridgehead atoms. The Morgan fingerprint density at radius 1 is 0.809 bits per heavy atom. The van der Waals surface area contributed by atoms with Gasteiger partial charge < -0.3 is 10.2 Å². The van der Waals surface area contributed by atoms with E-state index in [0.29, 0.717) is 33.4 Å². The Hall–Kier alpha value is -3.85. The largest absolute Gasteiger partial charge is 0.354 e. The molecule has 0 aliphatic heterocycles. The second-order valence-corrected chi connectivity index (χ2v) is 14.9.